The van der Waals surface area contributed by atoms with Gasteiger partial charge in [-0.25, -0.2) is 5.01 Å². The first-order valence-corrected chi connectivity index (χ1v) is 10.5. The maximum atomic E-state index is 12.9. The second-order valence-electron chi connectivity index (χ2n) is 7.28. The number of ether oxygens (including phenoxy) is 2. The first-order valence-electron chi connectivity index (χ1n) is 10.5. The molecule has 168 valence electrons. The number of aliphatic carboxylic acids is 1. The molecular weight excluding hydrogens is 412 g/mol. The predicted molar refractivity (Wildman–Crippen MR) is 119 cm³/mol. The second-order valence-corrected chi connectivity index (χ2v) is 7.28. The van der Waals surface area contributed by atoms with Crippen molar-refractivity contribution in [2.45, 2.75) is 33.1 Å². The van der Waals surface area contributed by atoms with E-state index >= 15 is 0 Å². The third-order valence-corrected chi connectivity index (χ3v) is 4.84. The molecule has 0 aliphatic carbocycles. The fourth-order valence-corrected chi connectivity index (χ4v) is 3.24. The van der Waals surface area contributed by atoms with Gasteiger partial charge in [-0.3, -0.25) is 19.8 Å². The van der Waals surface area contributed by atoms with Gasteiger partial charge in [0.25, 0.3) is 11.8 Å². The average molecular weight is 438 g/mol. The zero-order valence-corrected chi connectivity index (χ0v) is 18.1. The lowest BCUT2D eigenvalue weighted by Crippen LogP contribution is -2.35. The van der Waals surface area contributed by atoms with E-state index in [9.17, 15) is 14.4 Å². The molecular formula is C24H26N2O6. The molecule has 8 nitrogen and oxygen atoms in total. The molecule has 3 rings (SSSR count). The topological polar surface area (TPSA) is 105 Å². The fraction of sp³-hybridized carbons (Fsp3) is 0.292. The van der Waals surface area contributed by atoms with Crippen molar-refractivity contribution in [3.63, 3.8) is 0 Å². The van der Waals surface area contributed by atoms with Gasteiger partial charge in [0.2, 0.25) is 0 Å². The Kier molecular flexibility index (Phi) is 7.49. The molecule has 1 aliphatic rings. The summed E-state index contributed by atoms with van der Waals surface area (Å²) in [5, 5.41) is 10.1. The Labute approximate surface area is 186 Å². The number of nitrogens with one attached hydrogen (secondary N) is 1. The Morgan fingerprint density at radius 1 is 1.09 bits per heavy atom. The van der Waals surface area contributed by atoms with Crippen LogP contribution in [-0.2, 0) is 14.4 Å². The lowest BCUT2D eigenvalue weighted by Gasteiger charge is -2.16. The van der Waals surface area contributed by atoms with Crippen LogP contribution in [0.1, 0.15) is 37.3 Å². The Morgan fingerprint density at radius 3 is 2.53 bits per heavy atom. The van der Waals surface area contributed by atoms with Crippen LogP contribution in [0.2, 0.25) is 0 Å². The molecule has 0 bridgehead atoms. The number of rotatable bonds is 10. The van der Waals surface area contributed by atoms with E-state index < -0.39 is 17.8 Å². The lowest BCUT2D eigenvalue weighted by molar-refractivity contribution is -0.137. The van der Waals surface area contributed by atoms with Crippen LogP contribution in [0.4, 0.5) is 5.69 Å². The molecule has 0 saturated carbocycles. The largest absolute Gasteiger partial charge is 0.493 e. The monoisotopic (exact) mass is 438 g/mol. The number of hydrogen-bond donors (Lipinski definition) is 2. The molecule has 8 heteroatoms. The van der Waals surface area contributed by atoms with Crippen LogP contribution in [0, 0.1) is 6.92 Å². The number of anilines is 1. The number of carbonyl (C=O) groups is 3. The first kappa shape index (κ1) is 22.9. The van der Waals surface area contributed by atoms with E-state index in [4.69, 9.17) is 14.6 Å². The van der Waals surface area contributed by atoms with Crippen LogP contribution in [-0.4, -0.2) is 36.1 Å². The Balaban J connectivity index is 1.92. The quantitative estimate of drug-likeness (QED) is 0.334. The molecule has 1 aliphatic heterocycles. The molecule has 2 amide bonds. The van der Waals surface area contributed by atoms with E-state index in [1.54, 1.807) is 36.4 Å². The predicted octanol–water partition coefficient (Wildman–Crippen LogP) is 3.49. The molecule has 2 aromatic rings. The number of para-hydroxylation sites is 1. The SMILES string of the molecule is CCCOc1ccc(/C=C2/C(=O)NN(c3ccccc3)C2=O)c(OCCCC(=O)O)c1C. The molecule has 0 aromatic heterocycles. The minimum atomic E-state index is -0.901. The number of carbonyl (C=O) groups excluding carboxylic acids is 2. The Bertz CT molecular complexity index is 1030. The summed E-state index contributed by atoms with van der Waals surface area (Å²) in [6, 6.07) is 12.3. The van der Waals surface area contributed by atoms with E-state index in [-0.39, 0.29) is 18.6 Å². The van der Waals surface area contributed by atoms with Crippen LogP contribution in [0.15, 0.2) is 48.0 Å². The van der Waals surface area contributed by atoms with Gasteiger partial charge in [0.15, 0.2) is 0 Å². The van der Waals surface area contributed by atoms with E-state index in [1.165, 1.54) is 11.1 Å². The Morgan fingerprint density at radius 2 is 1.84 bits per heavy atom. The summed E-state index contributed by atoms with van der Waals surface area (Å²) in [4.78, 5) is 36.2. The van der Waals surface area contributed by atoms with Crippen molar-refractivity contribution in [3.05, 3.63) is 59.2 Å². The van der Waals surface area contributed by atoms with E-state index in [0.29, 0.717) is 41.3 Å². The van der Waals surface area contributed by atoms with Crippen molar-refractivity contribution in [2.75, 3.05) is 18.2 Å². The normalized spacial score (nSPS) is 14.6. The molecule has 32 heavy (non-hydrogen) atoms. The van der Waals surface area contributed by atoms with E-state index in [2.05, 4.69) is 5.43 Å². The maximum absolute atomic E-state index is 12.9. The van der Waals surface area contributed by atoms with Gasteiger partial charge in [-0.05, 0) is 50.1 Å². The standard InChI is InChI=1S/C24H26N2O6/c1-3-13-31-20-12-11-17(22(16(20)2)32-14-7-10-21(27)28)15-19-23(29)25-26(24(19)30)18-8-5-4-6-9-18/h4-6,8-9,11-12,15H,3,7,10,13-14H2,1-2H3,(H,25,29)(H,27,28)/b19-15-. The molecule has 1 saturated heterocycles. The van der Waals surface area contributed by atoms with Crippen molar-refractivity contribution < 1.29 is 29.0 Å². The third-order valence-electron chi connectivity index (χ3n) is 4.84. The summed E-state index contributed by atoms with van der Waals surface area (Å²) < 4.78 is 11.7. The highest BCUT2D eigenvalue weighted by atomic mass is 16.5. The van der Waals surface area contributed by atoms with Crippen molar-refractivity contribution in [3.8, 4) is 11.5 Å². The van der Waals surface area contributed by atoms with Gasteiger partial charge in [0.05, 0.1) is 18.9 Å². The molecule has 0 atom stereocenters. The highest BCUT2D eigenvalue weighted by Crippen LogP contribution is 2.34. The van der Waals surface area contributed by atoms with Crippen LogP contribution >= 0.6 is 0 Å². The summed E-state index contributed by atoms with van der Waals surface area (Å²) in [7, 11) is 0. The molecule has 0 spiro atoms. The molecule has 2 N–H and O–H groups in total. The lowest BCUT2D eigenvalue weighted by atomic mass is 10.0. The average Bonchev–Trinajstić information content (AvgIpc) is 3.06. The molecule has 0 radical (unpaired) electrons. The van der Waals surface area contributed by atoms with Crippen LogP contribution in [0.3, 0.4) is 0 Å². The highest BCUT2D eigenvalue weighted by Gasteiger charge is 2.34. The number of hydrogen-bond acceptors (Lipinski definition) is 5. The minimum absolute atomic E-state index is 0.0194. The van der Waals surface area contributed by atoms with Gasteiger partial charge in [-0.15, -0.1) is 0 Å². The van der Waals surface area contributed by atoms with Gasteiger partial charge in [-0.1, -0.05) is 25.1 Å². The number of benzene rings is 2. The minimum Gasteiger partial charge on any atom is -0.493 e. The van der Waals surface area contributed by atoms with E-state index in [0.717, 1.165) is 6.42 Å². The third kappa shape index (κ3) is 5.26. The smallest absolute Gasteiger partial charge is 0.303 e. The van der Waals surface area contributed by atoms with E-state index in [1.807, 2.05) is 19.9 Å². The van der Waals surface area contributed by atoms with Crippen molar-refractivity contribution >= 4 is 29.5 Å². The summed E-state index contributed by atoms with van der Waals surface area (Å²) in [5.41, 5.74) is 4.36. The number of carboxylic acid groups (broad SMARTS) is 1. The number of amides is 2. The van der Waals surface area contributed by atoms with Crippen molar-refractivity contribution in [2.24, 2.45) is 0 Å². The Hall–Kier alpha value is -3.81. The van der Waals surface area contributed by atoms with Gasteiger partial charge < -0.3 is 14.6 Å². The second kappa shape index (κ2) is 10.5. The summed E-state index contributed by atoms with van der Waals surface area (Å²) in [6.07, 6.45) is 2.63. The van der Waals surface area contributed by atoms with Gasteiger partial charge in [0, 0.05) is 17.5 Å². The zero-order valence-electron chi connectivity index (χ0n) is 18.1. The van der Waals surface area contributed by atoms with Crippen molar-refractivity contribution in [1.82, 2.24) is 5.43 Å². The van der Waals surface area contributed by atoms with Gasteiger partial charge in [-0.2, -0.15) is 0 Å². The molecule has 1 fully saturated rings. The van der Waals surface area contributed by atoms with Crippen molar-refractivity contribution in [1.29, 1.82) is 0 Å². The first-order chi connectivity index (χ1) is 15.4. The summed E-state index contributed by atoms with van der Waals surface area (Å²) in [5.74, 6) is -0.797. The van der Waals surface area contributed by atoms with Gasteiger partial charge >= 0.3 is 5.97 Å². The number of nitrogens with zero attached hydrogens (tertiary/aromatic N) is 1. The maximum Gasteiger partial charge on any atom is 0.303 e. The molecule has 0 unspecified atom stereocenters. The van der Waals surface area contributed by atoms with Crippen LogP contribution in [0.25, 0.3) is 6.08 Å². The molecule has 2 aromatic carbocycles. The summed E-state index contributed by atoms with van der Waals surface area (Å²) >= 11 is 0. The van der Waals surface area contributed by atoms with Crippen LogP contribution in [0.5, 0.6) is 11.5 Å². The highest BCUT2D eigenvalue weighted by molar-refractivity contribution is 6.31. The zero-order chi connectivity index (χ0) is 23.1. The summed E-state index contributed by atoms with van der Waals surface area (Å²) in [6.45, 7) is 4.54. The number of carboxylic acids is 1. The fourth-order valence-electron chi connectivity index (χ4n) is 3.24. The molecule has 1 heterocycles. The van der Waals surface area contributed by atoms with Gasteiger partial charge in [0.1, 0.15) is 17.1 Å². The number of hydrazine groups is 1. The van der Waals surface area contributed by atoms with Crippen LogP contribution < -0.4 is 19.9 Å².